The van der Waals surface area contributed by atoms with Crippen molar-refractivity contribution in [2.24, 2.45) is 11.1 Å². The Morgan fingerprint density at radius 2 is 1.73 bits per heavy atom. The lowest BCUT2D eigenvalue weighted by Gasteiger charge is -2.27. The molecular formula is C12H25NO2. The highest BCUT2D eigenvalue weighted by molar-refractivity contribution is 5.81. The van der Waals surface area contributed by atoms with E-state index in [1.807, 2.05) is 27.7 Å². The predicted molar refractivity (Wildman–Crippen MR) is 62.8 cm³/mol. The maximum atomic E-state index is 11.3. The largest absolute Gasteiger partial charge is 0.375 e. The van der Waals surface area contributed by atoms with E-state index < -0.39 is 0 Å². The van der Waals surface area contributed by atoms with Gasteiger partial charge in [-0.05, 0) is 40.2 Å². The summed E-state index contributed by atoms with van der Waals surface area (Å²) in [5.41, 5.74) is 5.03. The number of carbonyl (C=O) groups excluding carboxylic acids is 1. The first-order valence-electron chi connectivity index (χ1n) is 5.56. The maximum Gasteiger partial charge on any atom is 0.135 e. The molecule has 0 fully saturated rings. The lowest BCUT2D eigenvalue weighted by atomic mass is 9.86. The quantitative estimate of drug-likeness (QED) is 0.708. The van der Waals surface area contributed by atoms with E-state index in [1.165, 1.54) is 0 Å². The number of carbonyl (C=O) groups is 1. The van der Waals surface area contributed by atoms with Crippen LogP contribution in [-0.2, 0) is 9.53 Å². The Hall–Kier alpha value is -0.410. The van der Waals surface area contributed by atoms with Crippen LogP contribution >= 0.6 is 0 Å². The van der Waals surface area contributed by atoms with Crippen molar-refractivity contribution in [2.45, 2.75) is 53.1 Å². The molecule has 0 amide bonds. The molecule has 0 aliphatic carbocycles. The summed E-state index contributed by atoms with van der Waals surface area (Å²) >= 11 is 0. The number of hydrogen-bond acceptors (Lipinski definition) is 3. The van der Waals surface area contributed by atoms with Gasteiger partial charge in [0, 0.05) is 12.0 Å². The number of nitrogens with two attached hydrogens (primary N) is 1. The molecule has 0 spiro atoms. The van der Waals surface area contributed by atoms with Crippen LogP contribution < -0.4 is 5.73 Å². The molecule has 15 heavy (non-hydrogen) atoms. The molecule has 0 aromatic rings. The fourth-order valence-corrected chi connectivity index (χ4v) is 1.18. The Bertz CT molecular complexity index is 210. The summed E-state index contributed by atoms with van der Waals surface area (Å²) in [7, 11) is 0. The van der Waals surface area contributed by atoms with Crippen molar-refractivity contribution in [1.82, 2.24) is 0 Å². The second-order valence-corrected chi connectivity index (χ2v) is 5.34. The van der Waals surface area contributed by atoms with E-state index in [1.54, 1.807) is 6.92 Å². The second kappa shape index (κ2) is 5.61. The Morgan fingerprint density at radius 3 is 2.13 bits per heavy atom. The van der Waals surface area contributed by atoms with Crippen LogP contribution in [0.15, 0.2) is 0 Å². The SMILES string of the molecule is CC(=O)C(C)(C)CCOC(C)(C)CCN. The number of ketones is 1. The van der Waals surface area contributed by atoms with E-state index in [2.05, 4.69) is 0 Å². The van der Waals surface area contributed by atoms with E-state index in [4.69, 9.17) is 10.5 Å². The third-order valence-electron chi connectivity index (χ3n) is 2.92. The Balaban J connectivity index is 3.93. The van der Waals surface area contributed by atoms with Crippen LogP contribution in [0.25, 0.3) is 0 Å². The molecule has 0 rings (SSSR count). The average Bonchev–Trinajstić information content (AvgIpc) is 2.02. The van der Waals surface area contributed by atoms with Crippen molar-refractivity contribution in [2.75, 3.05) is 13.2 Å². The summed E-state index contributed by atoms with van der Waals surface area (Å²) in [5, 5.41) is 0. The van der Waals surface area contributed by atoms with E-state index >= 15 is 0 Å². The van der Waals surface area contributed by atoms with Gasteiger partial charge in [0.1, 0.15) is 5.78 Å². The third kappa shape index (κ3) is 5.90. The van der Waals surface area contributed by atoms with E-state index in [9.17, 15) is 4.79 Å². The van der Waals surface area contributed by atoms with Crippen LogP contribution in [-0.4, -0.2) is 24.5 Å². The second-order valence-electron chi connectivity index (χ2n) is 5.34. The molecule has 0 radical (unpaired) electrons. The lowest BCUT2D eigenvalue weighted by Crippen LogP contribution is -2.31. The zero-order valence-electron chi connectivity index (χ0n) is 10.7. The standard InChI is InChI=1S/C12H25NO2/c1-10(14)11(2,3)7-9-15-12(4,5)6-8-13/h6-9,13H2,1-5H3. The first kappa shape index (κ1) is 14.6. The summed E-state index contributed by atoms with van der Waals surface area (Å²) in [6.07, 6.45) is 1.60. The van der Waals surface area contributed by atoms with Gasteiger partial charge in [-0.15, -0.1) is 0 Å². The summed E-state index contributed by atoms with van der Waals surface area (Å²) in [6, 6.07) is 0. The summed E-state index contributed by atoms with van der Waals surface area (Å²) < 4.78 is 5.72. The minimum Gasteiger partial charge on any atom is -0.375 e. The molecule has 3 heteroatoms. The molecule has 0 saturated heterocycles. The minimum atomic E-state index is -0.279. The van der Waals surface area contributed by atoms with Crippen molar-refractivity contribution in [3.8, 4) is 0 Å². The molecule has 0 aromatic carbocycles. The van der Waals surface area contributed by atoms with Crippen LogP contribution in [0, 0.1) is 5.41 Å². The molecular weight excluding hydrogens is 190 g/mol. The highest BCUT2D eigenvalue weighted by atomic mass is 16.5. The molecule has 0 saturated carbocycles. The molecule has 0 aliphatic rings. The average molecular weight is 215 g/mol. The van der Waals surface area contributed by atoms with Crippen molar-refractivity contribution < 1.29 is 9.53 Å². The van der Waals surface area contributed by atoms with Crippen LogP contribution in [0.4, 0.5) is 0 Å². The highest BCUT2D eigenvalue weighted by Gasteiger charge is 2.25. The summed E-state index contributed by atoms with van der Waals surface area (Å²) in [4.78, 5) is 11.3. The summed E-state index contributed by atoms with van der Waals surface area (Å²) in [5.74, 6) is 0.211. The number of rotatable bonds is 7. The third-order valence-corrected chi connectivity index (χ3v) is 2.92. The Morgan fingerprint density at radius 1 is 1.20 bits per heavy atom. The van der Waals surface area contributed by atoms with Gasteiger partial charge in [0.25, 0.3) is 0 Å². The molecule has 90 valence electrons. The molecule has 0 aromatic heterocycles. The van der Waals surface area contributed by atoms with Gasteiger partial charge in [0.15, 0.2) is 0 Å². The molecule has 0 unspecified atom stereocenters. The van der Waals surface area contributed by atoms with Crippen LogP contribution in [0.5, 0.6) is 0 Å². The molecule has 0 bridgehead atoms. The van der Waals surface area contributed by atoms with Crippen molar-refractivity contribution in [3.63, 3.8) is 0 Å². The normalized spacial score (nSPS) is 12.9. The summed E-state index contributed by atoms with van der Waals surface area (Å²) in [6.45, 7) is 10.8. The van der Waals surface area contributed by atoms with Crippen LogP contribution in [0.3, 0.4) is 0 Å². The zero-order chi connectivity index (χ0) is 12.1. The van der Waals surface area contributed by atoms with Gasteiger partial charge in [-0.1, -0.05) is 13.8 Å². The highest BCUT2D eigenvalue weighted by Crippen LogP contribution is 2.23. The first-order chi connectivity index (χ1) is 6.71. The fraction of sp³-hybridized carbons (Fsp3) is 0.917. The smallest absolute Gasteiger partial charge is 0.135 e. The first-order valence-corrected chi connectivity index (χ1v) is 5.56. The van der Waals surface area contributed by atoms with Gasteiger partial charge in [-0.25, -0.2) is 0 Å². The van der Waals surface area contributed by atoms with Gasteiger partial charge in [-0.2, -0.15) is 0 Å². The molecule has 0 atom stereocenters. The van der Waals surface area contributed by atoms with E-state index in [0.717, 1.165) is 12.8 Å². The molecule has 3 nitrogen and oxygen atoms in total. The van der Waals surface area contributed by atoms with Crippen molar-refractivity contribution >= 4 is 5.78 Å². The molecule has 0 heterocycles. The van der Waals surface area contributed by atoms with Gasteiger partial charge in [0.05, 0.1) is 5.60 Å². The minimum absolute atomic E-state index is 0.179. The van der Waals surface area contributed by atoms with Gasteiger partial charge < -0.3 is 10.5 Å². The maximum absolute atomic E-state index is 11.3. The molecule has 0 aliphatic heterocycles. The Labute approximate surface area is 93.4 Å². The van der Waals surface area contributed by atoms with Gasteiger partial charge in [-0.3, -0.25) is 4.79 Å². The monoisotopic (exact) mass is 215 g/mol. The van der Waals surface area contributed by atoms with Crippen LogP contribution in [0.2, 0.25) is 0 Å². The zero-order valence-corrected chi connectivity index (χ0v) is 10.7. The Kier molecular flexibility index (Phi) is 5.46. The lowest BCUT2D eigenvalue weighted by molar-refractivity contribution is -0.126. The number of hydrogen-bond donors (Lipinski definition) is 1. The van der Waals surface area contributed by atoms with Gasteiger partial charge in [0.2, 0.25) is 0 Å². The van der Waals surface area contributed by atoms with E-state index in [0.29, 0.717) is 13.2 Å². The number of Topliss-reactive ketones (excluding diaryl/α,β-unsaturated/α-hetero) is 1. The number of ether oxygens (including phenoxy) is 1. The van der Waals surface area contributed by atoms with Gasteiger partial charge >= 0.3 is 0 Å². The topological polar surface area (TPSA) is 52.3 Å². The predicted octanol–water partition coefficient (Wildman–Crippen LogP) is 2.14. The van der Waals surface area contributed by atoms with Crippen molar-refractivity contribution in [1.29, 1.82) is 0 Å². The molecule has 2 N–H and O–H groups in total. The fourth-order valence-electron chi connectivity index (χ4n) is 1.18. The van der Waals surface area contributed by atoms with Crippen molar-refractivity contribution in [3.05, 3.63) is 0 Å². The van der Waals surface area contributed by atoms with Crippen LogP contribution in [0.1, 0.15) is 47.5 Å². The van der Waals surface area contributed by atoms with E-state index in [-0.39, 0.29) is 16.8 Å².